The summed E-state index contributed by atoms with van der Waals surface area (Å²) < 4.78 is 33.0. The largest absolute Gasteiger partial charge is 0.498 e. The summed E-state index contributed by atoms with van der Waals surface area (Å²) in [5, 5.41) is 0. The van der Waals surface area contributed by atoms with Gasteiger partial charge in [0.1, 0.15) is 6.61 Å². The van der Waals surface area contributed by atoms with Gasteiger partial charge in [-0.05, 0) is 63.9 Å². The SMILES string of the molecule is CC/C=C\C/C=C\C/C=C\C/C=C\CCCCC(=O)O[C@H](CO/C=C\CCCCCCCCCCCCCCCC)COP(=O)(O)OCCN. The van der Waals surface area contributed by atoms with E-state index in [0.29, 0.717) is 6.42 Å². The van der Waals surface area contributed by atoms with Gasteiger partial charge in [-0.3, -0.25) is 13.8 Å². The summed E-state index contributed by atoms with van der Waals surface area (Å²) in [7, 11) is -4.30. The monoisotopic (exact) mass is 724 g/mol. The van der Waals surface area contributed by atoms with Crippen LogP contribution in [-0.4, -0.2) is 43.3 Å². The average molecular weight is 724 g/mol. The van der Waals surface area contributed by atoms with Gasteiger partial charge in [0.05, 0.1) is 19.5 Å². The first kappa shape index (κ1) is 48.0. The number of carbonyl (C=O) groups excluding carboxylic acids is 1. The lowest BCUT2D eigenvalue weighted by molar-refractivity contribution is -0.153. The average Bonchev–Trinajstić information content (AvgIpc) is 3.10. The van der Waals surface area contributed by atoms with E-state index in [1.54, 1.807) is 6.26 Å². The quantitative estimate of drug-likeness (QED) is 0.0214. The maximum absolute atomic E-state index is 12.5. The van der Waals surface area contributed by atoms with Crippen LogP contribution in [0.15, 0.2) is 60.9 Å². The van der Waals surface area contributed by atoms with Crippen molar-refractivity contribution in [3.05, 3.63) is 60.9 Å². The van der Waals surface area contributed by atoms with Crippen molar-refractivity contribution in [2.24, 2.45) is 5.73 Å². The summed E-state index contributed by atoms with van der Waals surface area (Å²) in [6, 6.07) is 0. The second-order valence-corrected chi connectivity index (χ2v) is 14.3. The second kappa shape index (κ2) is 38.3. The van der Waals surface area contributed by atoms with Crippen LogP contribution in [0, 0.1) is 0 Å². The number of ether oxygens (including phenoxy) is 2. The van der Waals surface area contributed by atoms with Crippen LogP contribution in [0.25, 0.3) is 0 Å². The number of hydrogen-bond donors (Lipinski definition) is 2. The van der Waals surface area contributed by atoms with E-state index < -0.39 is 19.9 Å². The van der Waals surface area contributed by atoms with Gasteiger partial charge in [0.2, 0.25) is 0 Å². The van der Waals surface area contributed by atoms with E-state index in [0.717, 1.165) is 51.4 Å². The lowest BCUT2D eigenvalue weighted by Gasteiger charge is -2.19. The zero-order valence-corrected chi connectivity index (χ0v) is 32.8. The van der Waals surface area contributed by atoms with Crippen LogP contribution in [-0.2, 0) is 27.9 Å². The topological polar surface area (TPSA) is 117 Å². The van der Waals surface area contributed by atoms with Gasteiger partial charge < -0.3 is 20.1 Å². The fourth-order valence-electron chi connectivity index (χ4n) is 5.13. The van der Waals surface area contributed by atoms with Crippen LogP contribution in [0.5, 0.6) is 0 Å². The highest BCUT2D eigenvalue weighted by molar-refractivity contribution is 7.47. The van der Waals surface area contributed by atoms with E-state index in [9.17, 15) is 14.3 Å². The standard InChI is InChI=1S/C41H74NO7P/c1-3-5-7-9-11-13-15-17-19-21-23-25-27-29-31-33-36-46-38-40(39-48-50(44,45)47-37-35-42)49-41(43)34-32-30-28-26-24-22-20-18-16-14-12-10-8-6-4-2/h6,8,12,14,18,20,24,26,33,36,40H,3-5,7,9-11,13,15-17,19,21-23,25,27-32,34-35,37-39,42H2,1-2H3,(H,44,45)/b8-6-,14-12-,20-18-,26-24-,36-33-/t40-/m1/s1. The molecule has 8 nitrogen and oxygen atoms in total. The third-order valence-corrected chi connectivity index (χ3v) is 9.00. The van der Waals surface area contributed by atoms with Crippen LogP contribution in [0.1, 0.15) is 162 Å². The van der Waals surface area contributed by atoms with Crippen LogP contribution >= 0.6 is 7.82 Å². The molecule has 1 unspecified atom stereocenters. The molecule has 0 bridgehead atoms. The maximum atomic E-state index is 12.5. The number of unbranched alkanes of at least 4 members (excludes halogenated alkanes) is 16. The van der Waals surface area contributed by atoms with E-state index in [1.165, 1.54) is 83.5 Å². The van der Waals surface area contributed by atoms with Gasteiger partial charge >= 0.3 is 13.8 Å². The highest BCUT2D eigenvalue weighted by Gasteiger charge is 2.25. The first-order chi connectivity index (χ1) is 24.4. The minimum atomic E-state index is -4.30. The molecule has 0 aliphatic rings. The molecule has 0 saturated carbocycles. The van der Waals surface area contributed by atoms with E-state index in [-0.39, 0.29) is 32.8 Å². The molecule has 0 saturated heterocycles. The van der Waals surface area contributed by atoms with Gasteiger partial charge in [0.15, 0.2) is 6.10 Å². The third-order valence-electron chi connectivity index (χ3n) is 8.01. The van der Waals surface area contributed by atoms with E-state index in [1.807, 2.05) is 6.08 Å². The summed E-state index contributed by atoms with van der Waals surface area (Å²) >= 11 is 0. The minimum Gasteiger partial charge on any atom is -0.498 e. The molecule has 0 amide bonds. The second-order valence-electron chi connectivity index (χ2n) is 12.8. The highest BCUT2D eigenvalue weighted by Crippen LogP contribution is 2.43. The zero-order valence-electron chi connectivity index (χ0n) is 31.9. The van der Waals surface area contributed by atoms with E-state index >= 15 is 0 Å². The minimum absolute atomic E-state index is 0.0137. The predicted octanol–water partition coefficient (Wildman–Crippen LogP) is 11.8. The number of phosphoric acid groups is 1. The molecule has 0 heterocycles. The van der Waals surface area contributed by atoms with Gasteiger partial charge in [0.25, 0.3) is 0 Å². The molecular weight excluding hydrogens is 649 g/mol. The molecule has 3 N–H and O–H groups in total. The molecule has 0 aromatic heterocycles. The number of phosphoric ester groups is 1. The van der Waals surface area contributed by atoms with Crippen LogP contribution < -0.4 is 5.73 Å². The Kier molecular flexibility index (Phi) is 36.8. The van der Waals surface area contributed by atoms with Crippen LogP contribution in [0.4, 0.5) is 0 Å². The fraction of sp³-hybridized carbons (Fsp3) is 0.732. The molecule has 0 aliphatic carbocycles. The highest BCUT2D eigenvalue weighted by atomic mass is 31.2. The van der Waals surface area contributed by atoms with Crippen molar-refractivity contribution in [2.45, 2.75) is 168 Å². The van der Waals surface area contributed by atoms with Gasteiger partial charge in [-0.25, -0.2) is 4.57 Å². The summed E-state index contributed by atoms with van der Waals surface area (Å²) in [6.07, 6.45) is 46.2. The van der Waals surface area contributed by atoms with Gasteiger partial charge in [-0.2, -0.15) is 0 Å². The Morgan fingerprint density at radius 2 is 1.14 bits per heavy atom. The first-order valence-corrected chi connectivity index (χ1v) is 21.3. The van der Waals surface area contributed by atoms with Crippen molar-refractivity contribution < 1.29 is 32.8 Å². The van der Waals surface area contributed by atoms with Crippen molar-refractivity contribution in [2.75, 3.05) is 26.4 Å². The Morgan fingerprint density at radius 1 is 0.640 bits per heavy atom. The van der Waals surface area contributed by atoms with Crippen molar-refractivity contribution in [1.82, 2.24) is 0 Å². The first-order valence-electron chi connectivity index (χ1n) is 19.8. The number of carbonyl (C=O) groups is 1. The molecule has 0 fully saturated rings. The van der Waals surface area contributed by atoms with Crippen LogP contribution in [0.3, 0.4) is 0 Å². The van der Waals surface area contributed by atoms with E-state index in [2.05, 4.69) is 62.5 Å². The Morgan fingerprint density at radius 3 is 1.70 bits per heavy atom. The molecule has 0 rings (SSSR count). The molecule has 0 spiro atoms. The van der Waals surface area contributed by atoms with Crippen molar-refractivity contribution >= 4 is 13.8 Å². The molecule has 2 atom stereocenters. The number of hydrogen-bond acceptors (Lipinski definition) is 7. The fourth-order valence-corrected chi connectivity index (χ4v) is 5.89. The molecule has 290 valence electrons. The Hall–Kier alpha value is -1.96. The summed E-state index contributed by atoms with van der Waals surface area (Å²) in [5.74, 6) is -0.394. The molecule has 9 heteroatoms. The van der Waals surface area contributed by atoms with Crippen molar-refractivity contribution in [3.63, 3.8) is 0 Å². The lowest BCUT2D eigenvalue weighted by Crippen LogP contribution is -2.27. The number of esters is 1. The van der Waals surface area contributed by atoms with Gasteiger partial charge in [-0.1, -0.05) is 146 Å². The Balaban J connectivity index is 4.20. The lowest BCUT2D eigenvalue weighted by atomic mass is 10.0. The number of allylic oxidation sites excluding steroid dienone is 9. The van der Waals surface area contributed by atoms with Crippen molar-refractivity contribution in [3.8, 4) is 0 Å². The van der Waals surface area contributed by atoms with Crippen molar-refractivity contribution in [1.29, 1.82) is 0 Å². The van der Waals surface area contributed by atoms with E-state index in [4.69, 9.17) is 24.3 Å². The molecule has 0 aliphatic heterocycles. The maximum Gasteiger partial charge on any atom is 0.472 e. The zero-order chi connectivity index (χ0) is 36.6. The molecular formula is C41H74NO7P. The molecule has 0 aromatic rings. The molecule has 50 heavy (non-hydrogen) atoms. The predicted molar refractivity (Wildman–Crippen MR) is 210 cm³/mol. The van der Waals surface area contributed by atoms with Gasteiger partial charge in [-0.15, -0.1) is 0 Å². The summed E-state index contributed by atoms with van der Waals surface area (Å²) in [4.78, 5) is 22.4. The summed E-state index contributed by atoms with van der Waals surface area (Å²) in [6.45, 7) is 4.07. The molecule has 0 radical (unpaired) electrons. The number of nitrogens with two attached hydrogens (primary N) is 1. The van der Waals surface area contributed by atoms with Crippen LogP contribution in [0.2, 0.25) is 0 Å². The number of rotatable bonds is 37. The summed E-state index contributed by atoms with van der Waals surface area (Å²) in [5.41, 5.74) is 5.35. The Bertz CT molecular complexity index is 947. The molecule has 0 aromatic carbocycles. The smallest absolute Gasteiger partial charge is 0.472 e. The van der Waals surface area contributed by atoms with Gasteiger partial charge in [0, 0.05) is 13.0 Å². The Labute approximate surface area is 306 Å². The normalized spacial score (nSPS) is 14.2. The third kappa shape index (κ3) is 37.3.